The van der Waals surface area contributed by atoms with E-state index in [4.69, 9.17) is 9.47 Å². The van der Waals surface area contributed by atoms with Crippen molar-refractivity contribution in [1.29, 1.82) is 0 Å². The molecule has 2 saturated heterocycles. The number of aliphatic imine (C=N–C) groups is 1. The molecular formula is C21H27F3IN3O2. The molecule has 0 aliphatic carbocycles. The summed E-state index contributed by atoms with van der Waals surface area (Å²) in [6.07, 6.45) is -2.08. The largest absolute Gasteiger partial charge is 0.416 e. The maximum atomic E-state index is 12.6. The van der Waals surface area contributed by atoms with Crippen molar-refractivity contribution < 1.29 is 22.6 Å². The summed E-state index contributed by atoms with van der Waals surface area (Å²) in [7, 11) is 0. The third kappa shape index (κ3) is 7.03. The Balaban J connectivity index is 0.00000320. The molecule has 2 atom stereocenters. The van der Waals surface area contributed by atoms with Gasteiger partial charge in [0, 0.05) is 31.8 Å². The zero-order valence-electron chi connectivity index (χ0n) is 16.9. The van der Waals surface area contributed by atoms with E-state index in [1.807, 2.05) is 6.92 Å². The predicted molar refractivity (Wildman–Crippen MR) is 120 cm³/mol. The maximum absolute atomic E-state index is 12.6. The standard InChI is InChI=1S/C21H26F3N3O2.HI/c1-2-25-20(27-12-14-29-19(15-27)18-6-4-13-28-18)26-11-3-5-16-7-9-17(10-8-16)21(22,23)24;/h7-10,18-19H,2,4,6,11-15H2,1H3,(H,25,26);1H. The van der Waals surface area contributed by atoms with E-state index in [1.165, 1.54) is 12.1 Å². The second kappa shape index (κ2) is 11.8. The third-order valence-corrected chi connectivity index (χ3v) is 4.86. The molecule has 30 heavy (non-hydrogen) atoms. The van der Waals surface area contributed by atoms with Crippen LogP contribution in [0.15, 0.2) is 29.3 Å². The molecule has 0 saturated carbocycles. The Morgan fingerprint density at radius 2 is 1.93 bits per heavy atom. The molecule has 3 rings (SSSR count). The number of ether oxygens (including phenoxy) is 2. The normalized spacial score (nSPS) is 22.1. The summed E-state index contributed by atoms with van der Waals surface area (Å²) in [6.45, 7) is 5.84. The Kier molecular flexibility index (Phi) is 9.71. The van der Waals surface area contributed by atoms with E-state index in [0.29, 0.717) is 18.7 Å². The second-order valence-electron chi connectivity index (χ2n) is 6.95. The average Bonchev–Trinajstić information content (AvgIpc) is 3.25. The van der Waals surface area contributed by atoms with Gasteiger partial charge in [0.15, 0.2) is 5.96 Å². The number of benzene rings is 1. The number of nitrogens with zero attached hydrogens (tertiary/aromatic N) is 2. The Labute approximate surface area is 192 Å². The van der Waals surface area contributed by atoms with Crippen LogP contribution in [0.4, 0.5) is 13.2 Å². The SMILES string of the molecule is CCNC(=NCC#Cc1ccc(C(F)(F)F)cc1)N1CCOC(C2CCCO2)C1.I. The fraction of sp³-hybridized carbons (Fsp3) is 0.571. The summed E-state index contributed by atoms with van der Waals surface area (Å²) < 4.78 is 49.5. The zero-order valence-corrected chi connectivity index (χ0v) is 19.2. The van der Waals surface area contributed by atoms with Crippen LogP contribution in [-0.4, -0.2) is 62.5 Å². The highest BCUT2D eigenvalue weighted by atomic mass is 127. The first kappa shape index (κ1) is 24.8. The highest BCUT2D eigenvalue weighted by Gasteiger charge is 2.32. The van der Waals surface area contributed by atoms with Gasteiger partial charge in [-0.1, -0.05) is 11.8 Å². The lowest BCUT2D eigenvalue weighted by Crippen LogP contribution is -2.53. The topological polar surface area (TPSA) is 46.1 Å². The van der Waals surface area contributed by atoms with Gasteiger partial charge in [-0.05, 0) is 44.0 Å². The summed E-state index contributed by atoms with van der Waals surface area (Å²) in [6, 6.07) is 4.82. The van der Waals surface area contributed by atoms with Crippen LogP contribution in [-0.2, 0) is 15.7 Å². The number of hydrogen-bond acceptors (Lipinski definition) is 3. The highest BCUT2D eigenvalue weighted by Crippen LogP contribution is 2.29. The molecule has 2 heterocycles. The van der Waals surface area contributed by atoms with Crippen molar-refractivity contribution in [1.82, 2.24) is 10.2 Å². The summed E-state index contributed by atoms with van der Waals surface area (Å²) in [5.74, 6) is 6.54. The van der Waals surface area contributed by atoms with Crippen LogP contribution in [0.3, 0.4) is 0 Å². The van der Waals surface area contributed by atoms with E-state index in [2.05, 4.69) is 27.0 Å². The van der Waals surface area contributed by atoms with Crippen LogP contribution in [0.5, 0.6) is 0 Å². The fourth-order valence-electron chi connectivity index (χ4n) is 3.41. The average molecular weight is 537 g/mol. The molecule has 9 heteroatoms. The third-order valence-electron chi connectivity index (χ3n) is 4.86. The van der Waals surface area contributed by atoms with Crippen LogP contribution < -0.4 is 5.32 Å². The molecule has 2 fully saturated rings. The van der Waals surface area contributed by atoms with Crippen LogP contribution >= 0.6 is 24.0 Å². The Morgan fingerprint density at radius 3 is 2.57 bits per heavy atom. The summed E-state index contributed by atoms with van der Waals surface area (Å²) >= 11 is 0. The number of guanidine groups is 1. The van der Waals surface area contributed by atoms with E-state index in [9.17, 15) is 13.2 Å². The van der Waals surface area contributed by atoms with E-state index >= 15 is 0 Å². The molecular weight excluding hydrogens is 510 g/mol. The molecule has 166 valence electrons. The first-order chi connectivity index (χ1) is 14.0. The molecule has 5 nitrogen and oxygen atoms in total. The molecule has 0 amide bonds. The molecule has 0 bridgehead atoms. The van der Waals surface area contributed by atoms with Gasteiger partial charge in [-0.25, -0.2) is 4.99 Å². The van der Waals surface area contributed by atoms with Crippen molar-refractivity contribution in [3.8, 4) is 11.8 Å². The van der Waals surface area contributed by atoms with Crippen LogP contribution in [0.25, 0.3) is 0 Å². The van der Waals surface area contributed by atoms with Crippen molar-refractivity contribution >= 4 is 29.9 Å². The Morgan fingerprint density at radius 1 is 1.20 bits per heavy atom. The summed E-state index contributed by atoms with van der Waals surface area (Å²) in [5, 5.41) is 3.27. The molecule has 2 unspecified atom stereocenters. The summed E-state index contributed by atoms with van der Waals surface area (Å²) in [4.78, 5) is 6.70. The number of morpholine rings is 1. The Bertz CT molecular complexity index is 753. The van der Waals surface area contributed by atoms with E-state index in [1.54, 1.807) is 0 Å². The number of rotatable bonds is 3. The minimum atomic E-state index is -4.34. The van der Waals surface area contributed by atoms with Gasteiger partial charge in [0.05, 0.1) is 18.3 Å². The molecule has 0 spiro atoms. The van der Waals surface area contributed by atoms with E-state index < -0.39 is 11.7 Å². The van der Waals surface area contributed by atoms with Crippen LogP contribution in [0.1, 0.15) is 30.9 Å². The van der Waals surface area contributed by atoms with Crippen molar-refractivity contribution in [3.05, 3.63) is 35.4 Å². The second-order valence-corrected chi connectivity index (χ2v) is 6.95. The van der Waals surface area contributed by atoms with Crippen molar-refractivity contribution in [2.24, 2.45) is 4.99 Å². The van der Waals surface area contributed by atoms with Crippen molar-refractivity contribution in [3.63, 3.8) is 0 Å². The van der Waals surface area contributed by atoms with Gasteiger partial charge < -0.3 is 19.7 Å². The van der Waals surface area contributed by atoms with E-state index in [0.717, 1.165) is 50.6 Å². The van der Waals surface area contributed by atoms with Gasteiger partial charge >= 0.3 is 6.18 Å². The number of nitrogens with one attached hydrogen (secondary N) is 1. The van der Waals surface area contributed by atoms with Crippen molar-refractivity contribution in [2.75, 3.05) is 39.4 Å². The minimum Gasteiger partial charge on any atom is -0.375 e. The van der Waals surface area contributed by atoms with Crippen molar-refractivity contribution in [2.45, 2.75) is 38.1 Å². The number of hydrogen-bond donors (Lipinski definition) is 1. The highest BCUT2D eigenvalue weighted by molar-refractivity contribution is 14.0. The fourth-order valence-corrected chi connectivity index (χ4v) is 3.41. The minimum absolute atomic E-state index is 0. The summed E-state index contributed by atoms with van der Waals surface area (Å²) in [5.41, 5.74) is -0.147. The lowest BCUT2D eigenvalue weighted by molar-refractivity contribution is -0.137. The van der Waals surface area contributed by atoms with Gasteiger partial charge in [0.25, 0.3) is 0 Å². The Hall–Kier alpha value is -1.51. The maximum Gasteiger partial charge on any atom is 0.416 e. The lowest BCUT2D eigenvalue weighted by Gasteiger charge is -2.37. The molecule has 1 N–H and O–H groups in total. The number of alkyl halides is 3. The van der Waals surface area contributed by atoms with Gasteiger partial charge in [-0.2, -0.15) is 13.2 Å². The number of halogens is 4. The van der Waals surface area contributed by atoms with E-state index in [-0.39, 0.29) is 42.7 Å². The van der Waals surface area contributed by atoms with Gasteiger partial charge in [0.2, 0.25) is 0 Å². The smallest absolute Gasteiger partial charge is 0.375 e. The van der Waals surface area contributed by atoms with Gasteiger partial charge in [-0.15, -0.1) is 24.0 Å². The predicted octanol–water partition coefficient (Wildman–Crippen LogP) is 3.52. The molecule has 1 aromatic rings. The first-order valence-electron chi connectivity index (χ1n) is 9.90. The monoisotopic (exact) mass is 537 g/mol. The van der Waals surface area contributed by atoms with Gasteiger partial charge in [-0.3, -0.25) is 0 Å². The molecule has 0 radical (unpaired) electrons. The van der Waals surface area contributed by atoms with Gasteiger partial charge in [0.1, 0.15) is 12.6 Å². The lowest BCUT2D eigenvalue weighted by atomic mass is 10.1. The quantitative estimate of drug-likeness (QED) is 0.278. The molecule has 2 aliphatic heterocycles. The molecule has 2 aliphatic rings. The first-order valence-corrected chi connectivity index (χ1v) is 9.90. The molecule has 0 aromatic heterocycles. The van der Waals surface area contributed by atoms with Crippen LogP contribution in [0.2, 0.25) is 0 Å². The van der Waals surface area contributed by atoms with Crippen LogP contribution in [0, 0.1) is 11.8 Å². The zero-order chi connectivity index (χ0) is 20.7. The molecule has 1 aromatic carbocycles.